The van der Waals surface area contributed by atoms with Gasteiger partial charge in [-0.05, 0) is 37.1 Å². The molecule has 0 aliphatic rings. The number of rotatable bonds is 8. The first-order valence-electron chi connectivity index (χ1n) is 7.70. The second-order valence-corrected chi connectivity index (χ2v) is 5.26. The molecule has 0 bridgehead atoms. The lowest BCUT2D eigenvalue weighted by Gasteiger charge is -2.13. The van der Waals surface area contributed by atoms with E-state index in [-0.39, 0.29) is 0 Å². The second-order valence-electron chi connectivity index (χ2n) is 5.26. The predicted octanol–water partition coefficient (Wildman–Crippen LogP) is 3.32. The van der Waals surface area contributed by atoms with Crippen molar-refractivity contribution in [3.05, 3.63) is 36.0 Å². The van der Waals surface area contributed by atoms with Crippen LogP contribution in [0.3, 0.4) is 0 Å². The Kier molecular flexibility index (Phi) is 6.02. The van der Waals surface area contributed by atoms with Crippen molar-refractivity contribution in [2.45, 2.75) is 32.9 Å². The van der Waals surface area contributed by atoms with Crippen molar-refractivity contribution in [1.82, 2.24) is 9.97 Å². The van der Waals surface area contributed by atoms with Gasteiger partial charge in [-0.15, -0.1) is 0 Å². The second kappa shape index (κ2) is 8.22. The molecule has 0 fully saturated rings. The van der Waals surface area contributed by atoms with E-state index >= 15 is 0 Å². The maximum atomic E-state index is 5.32. The topological polar surface area (TPSA) is 68.3 Å². The van der Waals surface area contributed by atoms with Crippen LogP contribution in [0, 0.1) is 0 Å². The third-order valence-corrected chi connectivity index (χ3v) is 3.57. The standard InChI is InChI=1S/C17H24N4O2/c1-5-12(2)20-17-18-9-8-16(21-17)19-11-13-6-7-14(22-3)15(10-13)23-4/h6-10,12H,5,11H2,1-4H3,(H2,18,19,20,21). The Balaban J connectivity index is 2.02. The summed E-state index contributed by atoms with van der Waals surface area (Å²) in [7, 11) is 3.26. The maximum absolute atomic E-state index is 5.32. The highest BCUT2D eigenvalue weighted by Crippen LogP contribution is 2.27. The first-order valence-corrected chi connectivity index (χ1v) is 7.70. The van der Waals surface area contributed by atoms with Crippen molar-refractivity contribution in [1.29, 1.82) is 0 Å². The number of methoxy groups -OCH3 is 2. The van der Waals surface area contributed by atoms with Gasteiger partial charge in [0, 0.05) is 18.8 Å². The van der Waals surface area contributed by atoms with Gasteiger partial charge < -0.3 is 20.1 Å². The van der Waals surface area contributed by atoms with Crippen molar-refractivity contribution >= 4 is 11.8 Å². The molecule has 1 heterocycles. The minimum Gasteiger partial charge on any atom is -0.493 e. The molecule has 23 heavy (non-hydrogen) atoms. The van der Waals surface area contributed by atoms with Crippen molar-refractivity contribution in [3.8, 4) is 11.5 Å². The van der Waals surface area contributed by atoms with E-state index < -0.39 is 0 Å². The van der Waals surface area contributed by atoms with Crippen LogP contribution in [0.4, 0.5) is 11.8 Å². The van der Waals surface area contributed by atoms with Crippen LogP contribution in [-0.4, -0.2) is 30.2 Å². The molecule has 2 aromatic rings. The molecule has 0 saturated carbocycles. The third kappa shape index (κ3) is 4.74. The monoisotopic (exact) mass is 316 g/mol. The van der Waals surface area contributed by atoms with Crippen LogP contribution in [0.5, 0.6) is 11.5 Å². The molecular formula is C17H24N4O2. The summed E-state index contributed by atoms with van der Waals surface area (Å²) in [6, 6.07) is 8.03. The Morgan fingerprint density at radius 2 is 1.91 bits per heavy atom. The van der Waals surface area contributed by atoms with E-state index in [2.05, 4.69) is 34.4 Å². The SMILES string of the molecule is CCC(C)Nc1nccc(NCc2ccc(OC)c(OC)c2)n1. The van der Waals surface area contributed by atoms with E-state index in [0.29, 0.717) is 24.3 Å². The number of hydrogen-bond acceptors (Lipinski definition) is 6. The lowest BCUT2D eigenvalue weighted by atomic mass is 10.2. The van der Waals surface area contributed by atoms with Gasteiger partial charge in [-0.2, -0.15) is 4.98 Å². The number of nitrogens with one attached hydrogen (secondary N) is 2. The molecule has 1 aromatic heterocycles. The normalized spacial score (nSPS) is 11.7. The van der Waals surface area contributed by atoms with Gasteiger partial charge in [0.05, 0.1) is 14.2 Å². The Hall–Kier alpha value is -2.50. The highest BCUT2D eigenvalue weighted by molar-refractivity contribution is 5.45. The zero-order valence-electron chi connectivity index (χ0n) is 14.1. The molecule has 1 unspecified atom stereocenters. The number of aromatic nitrogens is 2. The van der Waals surface area contributed by atoms with E-state index in [1.54, 1.807) is 20.4 Å². The number of benzene rings is 1. The molecule has 6 heteroatoms. The number of anilines is 2. The number of nitrogens with zero attached hydrogens (tertiary/aromatic N) is 2. The van der Waals surface area contributed by atoms with Gasteiger partial charge >= 0.3 is 0 Å². The highest BCUT2D eigenvalue weighted by atomic mass is 16.5. The molecule has 0 aliphatic heterocycles. The Morgan fingerprint density at radius 1 is 1.13 bits per heavy atom. The fraction of sp³-hybridized carbons (Fsp3) is 0.412. The Labute approximate surface area is 137 Å². The van der Waals surface area contributed by atoms with E-state index in [1.165, 1.54) is 0 Å². The fourth-order valence-electron chi connectivity index (χ4n) is 2.03. The van der Waals surface area contributed by atoms with Crippen LogP contribution in [0.25, 0.3) is 0 Å². The first kappa shape index (κ1) is 16.9. The van der Waals surface area contributed by atoms with Gasteiger partial charge in [-0.3, -0.25) is 0 Å². The molecule has 0 amide bonds. The lowest BCUT2D eigenvalue weighted by molar-refractivity contribution is 0.354. The van der Waals surface area contributed by atoms with Gasteiger partial charge in [0.2, 0.25) is 5.95 Å². The molecule has 1 aromatic carbocycles. The van der Waals surface area contributed by atoms with Gasteiger partial charge in [0.25, 0.3) is 0 Å². The predicted molar refractivity (Wildman–Crippen MR) is 92.3 cm³/mol. The van der Waals surface area contributed by atoms with Gasteiger partial charge in [0.15, 0.2) is 11.5 Å². The molecule has 0 aliphatic carbocycles. The highest BCUT2D eigenvalue weighted by Gasteiger charge is 2.06. The average Bonchev–Trinajstić information content (AvgIpc) is 2.59. The summed E-state index contributed by atoms with van der Waals surface area (Å²) in [6.07, 6.45) is 2.77. The molecule has 6 nitrogen and oxygen atoms in total. The minimum absolute atomic E-state index is 0.344. The van der Waals surface area contributed by atoms with Gasteiger partial charge in [-0.25, -0.2) is 4.98 Å². The van der Waals surface area contributed by atoms with Crippen LogP contribution < -0.4 is 20.1 Å². The molecule has 2 N–H and O–H groups in total. The largest absolute Gasteiger partial charge is 0.493 e. The van der Waals surface area contributed by atoms with Crippen LogP contribution in [0.15, 0.2) is 30.5 Å². The van der Waals surface area contributed by atoms with Crippen LogP contribution in [-0.2, 0) is 6.54 Å². The molecule has 124 valence electrons. The molecule has 1 atom stereocenters. The third-order valence-electron chi connectivity index (χ3n) is 3.57. The quantitative estimate of drug-likeness (QED) is 0.779. The van der Waals surface area contributed by atoms with Crippen LogP contribution >= 0.6 is 0 Å². The molecule has 0 spiro atoms. The summed E-state index contributed by atoms with van der Waals surface area (Å²) in [4.78, 5) is 8.70. The average molecular weight is 316 g/mol. The van der Waals surface area contributed by atoms with Crippen molar-refractivity contribution < 1.29 is 9.47 Å². The van der Waals surface area contributed by atoms with Crippen molar-refractivity contribution in [2.75, 3.05) is 24.9 Å². The van der Waals surface area contributed by atoms with Gasteiger partial charge in [0.1, 0.15) is 5.82 Å². The minimum atomic E-state index is 0.344. The summed E-state index contributed by atoms with van der Waals surface area (Å²) in [5.74, 6) is 2.85. The van der Waals surface area contributed by atoms with Crippen LogP contribution in [0.2, 0.25) is 0 Å². The summed E-state index contributed by atoms with van der Waals surface area (Å²) in [5.41, 5.74) is 1.08. The molecule has 2 rings (SSSR count). The van der Waals surface area contributed by atoms with Crippen LogP contribution in [0.1, 0.15) is 25.8 Å². The maximum Gasteiger partial charge on any atom is 0.224 e. The van der Waals surface area contributed by atoms with E-state index in [0.717, 1.165) is 23.6 Å². The Morgan fingerprint density at radius 3 is 2.61 bits per heavy atom. The Bertz CT molecular complexity index is 634. The molecule has 0 saturated heterocycles. The summed E-state index contributed by atoms with van der Waals surface area (Å²) < 4.78 is 10.6. The summed E-state index contributed by atoms with van der Waals surface area (Å²) in [5, 5.41) is 6.56. The van der Waals surface area contributed by atoms with E-state index in [1.807, 2.05) is 24.3 Å². The smallest absolute Gasteiger partial charge is 0.224 e. The van der Waals surface area contributed by atoms with E-state index in [9.17, 15) is 0 Å². The van der Waals surface area contributed by atoms with E-state index in [4.69, 9.17) is 9.47 Å². The summed E-state index contributed by atoms with van der Waals surface area (Å²) in [6.45, 7) is 4.87. The number of hydrogen-bond donors (Lipinski definition) is 2. The van der Waals surface area contributed by atoms with Crippen molar-refractivity contribution in [2.24, 2.45) is 0 Å². The lowest BCUT2D eigenvalue weighted by Crippen LogP contribution is -2.16. The molecule has 0 radical (unpaired) electrons. The zero-order valence-corrected chi connectivity index (χ0v) is 14.1. The molecular weight excluding hydrogens is 292 g/mol. The van der Waals surface area contributed by atoms with Crippen molar-refractivity contribution in [3.63, 3.8) is 0 Å². The fourth-order valence-corrected chi connectivity index (χ4v) is 2.03. The summed E-state index contributed by atoms with van der Waals surface area (Å²) >= 11 is 0. The number of ether oxygens (including phenoxy) is 2. The first-order chi connectivity index (χ1) is 11.2. The zero-order chi connectivity index (χ0) is 16.7. The van der Waals surface area contributed by atoms with Gasteiger partial charge in [-0.1, -0.05) is 13.0 Å².